The number of nitrogens with zero attached hydrogens (tertiary/aromatic N) is 1. The predicted octanol–water partition coefficient (Wildman–Crippen LogP) is 3.50. The fourth-order valence-corrected chi connectivity index (χ4v) is 4.91. The van der Waals surface area contributed by atoms with Crippen LogP contribution in [0.15, 0.2) is 29.2 Å². The van der Waals surface area contributed by atoms with E-state index in [0.717, 1.165) is 38.1 Å². The largest absolute Gasteiger partial charge is 0.449 e. The van der Waals surface area contributed by atoms with E-state index in [-0.39, 0.29) is 6.09 Å². The summed E-state index contributed by atoms with van der Waals surface area (Å²) < 4.78 is 34.3. The van der Waals surface area contributed by atoms with Crippen LogP contribution in [-0.2, 0) is 25.9 Å². The van der Waals surface area contributed by atoms with Crippen molar-refractivity contribution in [2.75, 3.05) is 32.6 Å². The van der Waals surface area contributed by atoms with Crippen LogP contribution < -0.4 is 0 Å². The summed E-state index contributed by atoms with van der Waals surface area (Å²) in [5, 5.41) is 0. The average molecular weight is 422 g/mol. The van der Waals surface area contributed by atoms with Gasteiger partial charge in [-0.25, -0.2) is 13.2 Å². The second kappa shape index (κ2) is 8.64. The highest BCUT2D eigenvalue weighted by Crippen LogP contribution is 2.48. The molecule has 29 heavy (non-hydrogen) atoms. The fourth-order valence-electron chi connectivity index (χ4n) is 4.28. The van der Waals surface area contributed by atoms with Crippen molar-refractivity contribution in [2.24, 2.45) is 23.7 Å². The van der Waals surface area contributed by atoms with E-state index in [4.69, 9.17) is 9.47 Å². The number of hydrogen-bond donors (Lipinski definition) is 0. The van der Waals surface area contributed by atoms with Crippen LogP contribution in [0.2, 0.25) is 0 Å². The molecule has 0 aromatic heterocycles. The van der Waals surface area contributed by atoms with Gasteiger partial charge in [-0.1, -0.05) is 12.1 Å². The van der Waals surface area contributed by atoms with Crippen molar-refractivity contribution >= 4 is 15.9 Å². The summed E-state index contributed by atoms with van der Waals surface area (Å²) in [6.45, 7) is 3.48. The number of sulfone groups is 1. The molecule has 160 valence electrons. The Bertz CT molecular complexity index is 810. The zero-order valence-electron chi connectivity index (χ0n) is 17.1. The van der Waals surface area contributed by atoms with E-state index in [0.29, 0.717) is 41.8 Å². The smallest absolute Gasteiger partial charge is 0.409 e. The minimum absolute atomic E-state index is 0.132. The lowest BCUT2D eigenvalue weighted by Crippen LogP contribution is -2.39. The highest BCUT2D eigenvalue weighted by molar-refractivity contribution is 7.90. The van der Waals surface area contributed by atoms with Gasteiger partial charge in [0.1, 0.15) is 0 Å². The third kappa shape index (κ3) is 5.72. The highest BCUT2D eigenvalue weighted by atomic mass is 32.2. The summed E-state index contributed by atoms with van der Waals surface area (Å²) in [6, 6.07) is 6.91. The Morgan fingerprint density at radius 2 is 1.76 bits per heavy atom. The van der Waals surface area contributed by atoms with Crippen molar-refractivity contribution in [3.63, 3.8) is 0 Å². The number of piperidine rings is 1. The second-order valence-corrected chi connectivity index (χ2v) is 11.0. The van der Waals surface area contributed by atoms with E-state index in [1.807, 2.05) is 17.0 Å². The molecule has 1 aromatic carbocycles. The Morgan fingerprint density at radius 1 is 1.07 bits per heavy atom. The van der Waals surface area contributed by atoms with Crippen LogP contribution in [0.1, 0.15) is 37.7 Å². The Kier molecular flexibility index (Phi) is 6.16. The average Bonchev–Trinajstić information content (AvgIpc) is 3.62. The molecule has 1 amide bonds. The molecule has 2 unspecified atom stereocenters. The molecule has 7 heteroatoms. The summed E-state index contributed by atoms with van der Waals surface area (Å²) in [6.07, 6.45) is 6.82. The summed E-state index contributed by atoms with van der Waals surface area (Å²) in [5.41, 5.74) is 0.993. The van der Waals surface area contributed by atoms with Gasteiger partial charge in [-0.3, -0.25) is 0 Å². The fraction of sp³-hybridized carbons (Fsp3) is 0.682. The minimum Gasteiger partial charge on any atom is -0.449 e. The molecule has 3 aliphatic rings. The van der Waals surface area contributed by atoms with Gasteiger partial charge in [-0.2, -0.15) is 0 Å². The number of ether oxygens (including phenoxy) is 2. The maximum Gasteiger partial charge on any atom is 0.409 e. The van der Waals surface area contributed by atoms with Crippen molar-refractivity contribution in [3.05, 3.63) is 29.8 Å². The van der Waals surface area contributed by atoms with Gasteiger partial charge in [0.25, 0.3) is 0 Å². The molecule has 1 heterocycles. The Labute approximate surface area is 173 Å². The van der Waals surface area contributed by atoms with E-state index in [9.17, 15) is 13.2 Å². The Hall–Kier alpha value is -1.60. The lowest BCUT2D eigenvalue weighted by Gasteiger charge is -2.31. The summed E-state index contributed by atoms with van der Waals surface area (Å²) in [5.74, 6) is 2.63. The SMILES string of the molecule is CS(=O)(=O)c1ccc(COCC2CC2C2CCN(C(=O)OCC3CC3)CC2)cc1. The molecule has 3 fully saturated rings. The van der Waals surface area contributed by atoms with Gasteiger partial charge >= 0.3 is 6.09 Å². The van der Waals surface area contributed by atoms with Gasteiger partial charge in [0.05, 0.1) is 24.7 Å². The lowest BCUT2D eigenvalue weighted by molar-refractivity contribution is 0.0775. The first kappa shape index (κ1) is 20.7. The first-order chi connectivity index (χ1) is 13.9. The van der Waals surface area contributed by atoms with E-state index in [2.05, 4.69) is 0 Å². The number of benzene rings is 1. The van der Waals surface area contributed by atoms with Gasteiger partial charge in [0.15, 0.2) is 9.84 Å². The molecule has 0 N–H and O–H groups in total. The number of likely N-dealkylation sites (tertiary alicyclic amines) is 1. The van der Waals surface area contributed by atoms with Crippen molar-refractivity contribution in [2.45, 2.75) is 43.6 Å². The van der Waals surface area contributed by atoms with Gasteiger partial charge in [-0.05, 0) is 73.5 Å². The van der Waals surface area contributed by atoms with Crippen molar-refractivity contribution in [3.8, 4) is 0 Å². The van der Waals surface area contributed by atoms with E-state index in [1.165, 1.54) is 25.5 Å². The molecule has 1 aromatic rings. The topological polar surface area (TPSA) is 72.9 Å². The van der Waals surface area contributed by atoms with Crippen LogP contribution in [0.4, 0.5) is 4.79 Å². The molecule has 2 saturated carbocycles. The van der Waals surface area contributed by atoms with E-state index < -0.39 is 9.84 Å². The van der Waals surface area contributed by atoms with Crippen molar-refractivity contribution in [1.82, 2.24) is 4.90 Å². The zero-order chi connectivity index (χ0) is 20.4. The van der Waals surface area contributed by atoms with Crippen LogP contribution >= 0.6 is 0 Å². The maximum atomic E-state index is 12.1. The standard InChI is InChI=1S/C22H31NO5S/c1-29(25,26)20-6-4-16(5-7-20)13-27-15-19-12-21(19)18-8-10-23(11-9-18)22(24)28-14-17-2-3-17/h4-7,17-19,21H,2-3,8-15H2,1H3. The molecule has 2 atom stereocenters. The number of carbonyl (C=O) groups excluding carboxylic acids is 1. The molecule has 4 rings (SSSR count). The first-order valence-corrected chi connectivity index (χ1v) is 12.6. The Balaban J connectivity index is 1.12. The zero-order valence-corrected chi connectivity index (χ0v) is 17.9. The lowest BCUT2D eigenvalue weighted by atomic mass is 9.91. The van der Waals surface area contributed by atoms with Crippen LogP contribution in [-0.4, -0.2) is 52.0 Å². The summed E-state index contributed by atoms with van der Waals surface area (Å²) in [4.78, 5) is 14.3. The molecule has 2 aliphatic carbocycles. The van der Waals surface area contributed by atoms with Crippen molar-refractivity contribution in [1.29, 1.82) is 0 Å². The molecular formula is C22H31NO5S. The Morgan fingerprint density at radius 3 is 2.38 bits per heavy atom. The predicted molar refractivity (Wildman–Crippen MR) is 109 cm³/mol. The minimum atomic E-state index is -3.15. The maximum absolute atomic E-state index is 12.1. The normalized spacial score (nSPS) is 25.1. The van der Waals surface area contributed by atoms with Crippen molar-refractivity contribution < 1.29 is 22.7 Å². The summed E-state index contributed by atoms with van der Waals surface area (Å²) >= 11 is 0. The number of rotatable bonds is 8. The number of amides is 1. The quantitative estimate of drug-likeness (QED) is 0.642. The third-order valence-electron chi connectivity index (χ3n) is 6.47. The molecule has 6 nitrogen and oxygen atoms in total. The van der Waals surface area contributed by atoms with E-state index >= 15 is 0 Å². The van der Waals surface area contributed by atoms with Crippen LogP contribution in [0.25, 0.3) is 0 Å². The van der Waals surface area contributed by atoms with Crippen LogP contribution in [0.5, 0.6) is 0 Å². The number of hydrogen-bond acceptors (Lipinski definition) is 5. The van der Waals surface area contributed by atoms with Crippen LogP contribution in [0.3, 0.4) is 0 Å². The highest BCUT2D eigenvalue weighted by Gasteiger charge is 2.44. The molecule has 0 bridgehead atoms. The van der Waals surface area contributed by atoms with Crippen LogP contribution in [0, 0.1) is 23.7 Å². The second-order valence-electron chi connectivity index (χ2n) is 8.94. The monoisotopic (exact) mass is 421 g/mol. The third-order valence-corrected chi connectivity index (χ3v) is 7.60. The molecule has 0 spiro atoms. The summed E-state index contributed by atoms with van der Waals surface area (Å²) in [7, 11) is -3.15. The van der Waals surface area contributed by atoms with Gasteiger partial charge in [0.2, 0.25) is 0 Å². The van der Waals surface area contributed by atoms with Gasteiger partial charge in [0, 0.05) is 19.3 Å². The molecular weight excluding hydrogens is 390 g/mol. The molecule has 1 saturated heterocycles. The van der Waals surface area contributed by atoms with Gasteiger partial charge in [-0.15, -0.1) is 0 Å². The first-order valence-electron chi connectivity index (χ1n) is 10.7. The molecule has 1 aliphatic heterocycles. The van der Waals surface area contributed by atoms with E-state index in [1.54, 1.807) is 12.1 Å². The molecule has 0 radical (unpaired) electrons. The van der Waals surface area contributed by atoms with Gasteiger partial charge < -0.3 is 14.4 Å². The number of carbonyl (C=O) groups is 1.